The average molecular weight is 210 g/mol. The van der Waals surface area contributed by atoms with Crippen LogP contribution in [0.1, 0.15) is 26.3 Å². The normalized spacial score (nSPS) is 16.5. The van der Waals surface area contributed by atoms with Crippen LogP contribution in [0.4, 0.5) is 5.69 Å². The molecule has 0 atom stereocenters. The molecule has 0 saturated heterocycles. The van der Waals surface area contributed by atoms with Gasteiger partial charge in [-0.3, -0.25) is 0 Å². The van der Waals surface area contributed by atoms with Crippen LogP contribution in [0.25, 0.3) is 11.1 Å². The van der Waals surface area contributed by atoms with Crippen molar-refractivity contribution in [2.45, 2.75) is 19.3 Å². The molecule has 0 amide bonds. The summed E-state index contributed by atoms with van der Waals surface area (Å²) < 4.78 is 8.18. The van der Waals surface area contributed by atoms with Crippen molar-refractivity contribution in [2.24, 2.45) is 0 Å². The number of benzene rings is 2. The van der Waals surface area contributed by atoms with E-state index in [9.17, 15) is 0 Å². The molecule has 2 aromatic rings. The summed E-state index contributed by atoms with van der Waals surface area (Å²) in [7, 11) is 0. The second-order valence-corrected chi connectivity index (χ2v) is 4.87. The fraction of sp³-hybridized carbons (Fsp3) is 0.200. The van der Waals surface area contributed by atoms with E-state index in [-0.39, 0.29) is 5.41 Å². The maximum absolute atomic E-state index is 8.18. The summed E-state index contributed by atoms with van der Waals surface area (Å²) in [5.74, 6) is 0. The van der Waals surface area contributed by atoms with E-state index >= 15 is 0 Å². The summed E-state index contributed by atoms with van der Waals surface area (Å²) in [5, 5.41) is 0. The molecule has 0 spiro atoms. The van der Waals surface area contributed by atoms with Crippen LogP contribution in [0.3, 0.4) is 0 Å². The van der Waals surface area contributed by atoms with Gasteiger partial charge < -0.3 is 5.73 Å². The molecule has 3 rings (SSSR count). The van der Waals surface area contributed by atoms with Crippen molar-refractivity contribution in [2.75, 3.05) is 5.73 Å². The van der Waals surface area contributed by atoms with Crippen LogP contribution in [0.2, 0.25) is 0 Å². The second-order valence-electron chi connectivity index (χ2n) is 4.87. The Hall–Kier alpha value is -1.76. The highest BCUT2D eigenvalue weighted by molar-refractivity contribution is 5.81. The molecule has 2 aromatic carbocycles. The molecule has 80 valence electrons. The minimum Gasteiger partial charge on any atom is -0.399 e. The zero-order chi connectivity index (χ0) is 12.2. The van der Waals surface area contributed by atoms with Gasteiger partial charge in [-0.05, 0) is 34.4 Å². The van der Waals surface area contributed by atoms with E-state index in [2.05, 4.69) is 32.0 Å². The van der Waals surface area contributed by atoms with Gasteiger partial charge in [-0.15, -0.1) is 0 Å². The lowest BCUT2D eigenvalue weighted by atomic mass is 9.82. The Kier molecular flexibility index (Phi) is 1.51. The number of fused-ring (bicyclic) bond motifs is 3. The molecular weight excluding hydrogens is 194 g/mol. The maximum Gasteiger partial charge on any atom is 0.0648 e. The molecular formula is C15H15N. The van der Waals surface area contributed by atoms with E-state index in [1.807, 2.05) is 18.2 Å². The van der Waals surface area contributed by atoms with Crippen LogP contribution in [0, 0.1) is 0 Å². The summed E-state index contributed by atoms with van der Waals surface area (Å²) in [6, 6.07) is 12.7. The van der Waals surface area contributed by atoms with Crippen LogP contribution >= 0.6 is 0 Å². The Morgan fingerprint density at radius 2 is 1.69 bits per heavy atom. The van der Waals surface area contributed by atoms with Crippen molar-refractivity contribution >= 4 is 5.69 Å². The third kappa shape index (κ3) is 1.06. The summed E-state index contributed by atoms with van der Waals surface area (Å²) in [6.07, 6.45) is 0. The van der Waals surface area contributed by atoms with Gasteiger partial charge in [0.05, 0.1) is 1.37 Å². The molecule has 0 heterocycles. The molecule has 1 heteroatoms. The lowest BCUT2D eigenvalue weighted by Crippen LogP contribution is -2.15. The highest BCUT2D eigenvalue weighted by atomic mass is 14.5. The minimum atomic E-state index is -0.127. The summed E-state index contributed by atoms with van der Waals surface area (Å²) in [4.78, 5) is 0. The Morgan fingerprint density at radius 3 is 2.50 bits per heavy atom. The first-order valence-corrected chi connectivity index (χ1v) is 5.53. The number of hydrogen-bond donors (Lipinski definition) is 1. The molecule has 2 N–H and O–H groups in total. The van der Waals surface area contributed by atoms with Gasteiger partial charge >= 0.3 is 0 Å². The van der Waals surface area contributed by atoms with Crippen LogP contribution in [0.5, 0.6) is 0 Å². The molecule has 0 aromatic heterocycles. The Morgan fingerprint density at radius 1 is 1.00 bits per heavy atom. The van der Waals surface area contributed by atoms with E-state index < -0.39 is 0 Å². The van der Waals surface area contributed by atoms with Gasteiger partial charge in [-0.2, -0.15) is 0 Å². The monoisotopic (exact) mass is 210 g/mol. The van der Waals surface area contributed by atoms with Crippen LogP contribution in [-0.4, -0.2) is 0 Å². The predicted octanol–water partition coefficient (Wildman–Crippen LogP) is 3.58. The van der Waals surface area contributed by atoms with Crippen LogP contribution in [0.15, 0.2) is 42.4 Å². The minimum absolute atomic E-state index is 0.127. The fourth-order valence-electron chi connectivity index (χ4n) is 2.62. The fourth-order valence-corrected chi connectivity index (χ4v) is 2.62. The molecule has 0 unspecified atom stereocenters. The zero-order valence-electron chi connectivity index (χ0n) is 10.5. The lowest BCUT2D eigenvalue weighted by Gasteiger charge is -2.21. The standard InChI is InChI=1S/C15H15N/c1-15(2)13-6-4-3-5-11(13)12-8-7-10(16)9-14(12)15/h3-9H,16H2,1-2H3/i9D. The van der Waals surface area contributed by atoms with Crippen LogP contribution < -0.4 is 5.73 Å². The van der Waals surface area contributed by atoms with E-state index in [1.165, 1.54) is 11.1 Å². The molecule has 0 radical (unpaired) electrons. The number of rotatable bonds is 0. The van der Waals surface area contributed by atoms with Gasteiger partial charge in [0.15, 0.2) is 0 Å². The maximum atomic E-state index is 8.18. The summed E-state index contributed by atoms with van der Waals surface area (Å²) >= 11 is 0. The zero-order valence-corrected chi connectivity index (χ0v) is 9.54. The van der Waals surface area contributed by atoms with Crippen molar-refractivity contribution < 1.29 is 1.37 Å². The van der Waals surface area contributed by atoms with E-state index in [1.54, 1.807) is 0 Å². The Balaban J connectivity index is 2.44. The SMILES string of the molecule is [2H]c1c(N)ccc2c1C(C)(C)c1ccccc1-2. The number of anilines is 1. The first-order valence-electron chi connectivity index (χ1n) is 6.03. The molecule has 0 fully saturated rings. The number of nitrogens with two attached hydrogens (primary N) is 1. The molecule has 0 bridgehead atoms. The Bertz CT molecular complexity index is 614. The summed E-state index contributed by atoms with van der Waals surface area (Å²) in [5.41, 5.74) is 11.0. The smallest absolute Gasteiger partial charge is 0.0648 e. The first-order chi connectivity index (χ1) is 8.03. The molecule has 0 saturated carbocycles. The second kappa shape index (κ2) is 2.88. The van der Waals surface area contributed by atoms with Gasteiger partial charge in [-0.1, -0.05) is 44.2 Å². The highest BCUT2D eigenvalue weighted by Gasteiger charge is 2.34. The average Bonchev–Trinajstić information content (AvgIpc) is 2.54. The molecule has 0 aliphatic heterocycles. The third-order valence-electron chi connectivity index (χ3n) is 3.48. The predicted molar refractivity (Wildman–Crippen MR) is 68.4 cm³/mol. The van der Waals surface area contributed by atoms with E-state index in [4.69, 9.17) is 7.10 Å². The van der Waals surface area contributed by atoms with Gasteiger partial charge in [0.25, 0.3) is 0 Å². The molecule has 1 nitrogen and oxygen atoms in total. The van der Waals surface area contributed by atoms with Gasteiger partial charge in [0, 0.05) is 11.1 Å². The highest BCUT2D eigenvalue weighted by Crippen LogP contribution is 2.48. The van der Waals surface area contributed by atoms with Gasteiger partial charge in [0.2, 0.25) is 0 Å². The molecule has 1 aliphatic carbocycles. The van der Waals surface area contributed by atoms with Crippen LogP contribution in [-0.2, 0) is 5.41 Å². The first kappa shape index (κ1) is 8.40. The molecule has 16 heavy (non-hydrogen) atoms. The largest absolute Gasteiger partial charge is 0.399 e. The van der Waals surface area contributed by atoms with Crippen molar-refractivity contribution in [1.29, 1.82) is 0 Å². The number of hydrogen-bond acceptors (Lipinski definition) is 1. The van der Waals surface area contributed by atoms with E-state index in [0.29, 0.717) is 11.7 Å². The lowest BCUT2D eigenvalue weighted by molar-refractivity contribution is 0.660. The number of nitrogen functional groups attached to an aromatic ring is 1. The van der Waals surface area contributed by atoms with Crippen molar-refractivity contribution in [3.8, 4) is 11.1 Å². The third-order valence-corrected chi connectivity index (χ3v) is 3.48. The topological polar surface area (TPSA) is 26.0 Å². The molecule has 1 aliphatic rings. The summed E-state index contributed by atoms with van der Waals surface area (Å²) in [6.45, 7) is 4.32. The van der Waals surface area contributed by atoms with E-state index in [0.717, 1.165) is 11.1 Å². The van der Waals surface area contributed by atoms with Crippen molar-refractivity contribution in [3.63, 3.8) is 0 Å². The van der Waals surface area contributed by atoms with Crippen molar-refractivity contribution in [1.82, 2.24) is 0 Å². The van der Waals surface area contributed by atoms with Crippen molar-refractivity contribution in [3.05, 3.63) is 53.6 Å². The van der Waals surface area contributed by atoms with Gasteiger partial charge in [0.1, 0.15) is 0 Å². The van der Waals surface area contributed by atoms with Gasteiger partial charge in [-0.25, -0.2) is 0 Å². The Labute approximate surface area is 97.3 Å². The quantitative estimate of drug-likeness (QED) is 0.661.